The van der Waals surface area contributed by atoms with Crippen LogP contribution in [0.5, 0.6) is 5.75 Å². The number of carboxylic acid groups (broad SMARTS) is 1. The molecule has 0 spiro atoms. The van der Waals surface area contributed by atoms with Crippen LogP contribution in [-0.2, 0) is 16.0 Å². The second-order valence-corrected chi connectivity index (χ2v) is 3.14. The van der Waals surface area contributed by atoms with E-state index < -0.39 is 12.6 Å². The fourth-order valence-electron chi connectivity index (χ4n) is 1.19. The Morgan fingerprint density at radius 1 is 1.38 bits per heavy atom. The highest BCUT2D eigenvalue weighted by Crippen LogP contribution is 2.18. The molecule has 1 amide bonds. The van der Waals surface area contributed by atoms with Crippen LogP contribution in [0.4, 0.5) is 0 Å². The van der Waals surface area contributed by atoms with E-state index in [1.165, 1.54) is 0 Å². The molecular formula is C11H13NO4. The van der Waals surface area contributed by atoms with Crippen molar-refractivity contribution in [2.45, 2.75) is 6.42 Å². The summed E-state index contributed by atoms with van der Waals surface area (Å²) < 4.78 is 5.06. The Balaban J connectivity index is 2.74. The molecule has 16 heavy (non-hydrogen) atoms. The number of benzene rings is 1. The van der Waals surface area contributed by atoms with Gasteiger partial charge in [-0.25, -0.2) is 4.79 Å². The zero-order valence-corrected chi connectivity index (χ0v) is 8.90. The Kier molecular flexibility index (Phi) is 4.32. The van der Waals surface area contributed by atoms with Crippen LogP contribution in [0.15, 0.2) is 24.3 Å². The minimum atomic E-state index is -1.05. The van der Waals surface area contributed by atoms with Crippen molar-refractivity contribution in [1.82, 2.24) is 5.32 Å². The van der Waals surface area contributed by atoms with Crippen LogP contribution in [0.2, 0.25) is 0 Å². The van der Waals surface area contributed by atoms with Gasteiger partial charge in [-0.15, -0.1) is 0 Å². The average Bonchev–Trinajstić information content (AvgIpc) is 2.27. The third-order valence-corrected chi connectivity index (χ3v) is 1.95. The molecule has 1 aromatic carbocycles. The monoisotopic (exact) mass is 223 g/mol. The van der Waals surface area contributed by atoms with E-state index in [1.807, 2.05) is 0 Å². The Morgan fingerprint density at radius 2 is 2.06 bits per heavy atom. The number of hydrogen-bond acceptors (Lipinski definition) is 3. The molecule has 5 nitrogen and oxygen atoms in total. The first kappa shape index (κ1) is 12.0. The molecule has 2 N–H and O–H groups in total. The molecule has 0 aliphatic carbocycles. The normalized spacial score (nSPS) is 9.56. The van der Waals surface area contributed by atoms with Gasteiger partial charge in [-0.2, -0.15) is 0 Å². The standard InChI is InChI=1S/C11H13NO4/c1-12-10(13)6-8-4-2-3-5-9(8)16-7-11(14)15/h2-5H,6-7H2,1H3,(H,12,13)(H,14,15). The maximum absolute atomic E-state index is 11.2. The van der Waals surface area contributed by atoms with Gasteiger partial charge in [-0.1, -0.05) is 18.2 Å². The van der Waals surface area contributed by atoms with Gasteiger partial charge >= 0.3 is 5.97 Å². The lowest BCUT2D eigenvalue weighted by molar-refractivity contribution is -0.139. The van der Waals surface area contributed by atoms with Crippen molar-refractivity contribution < 1.29 is 19.4 Å². The Hall–Kier alpha value is -2.04. The molecular weight excluding hydrogens is 210 g/mol. The number of aliphatic carboxylic acids is 1. The molecule has 0 heterocycles. The summed E-state index contributed by atoms with van der Waals surface area (Å²) in [5.74, 6) is -0.769. The van der Waals surface area contributed by atoms with Gasteiger partial charge in [0.25, 0.3) is 0 Å². The molecule has 0 aliphatic rings. The maximum atomic E-state index is 11.2. The predicted molar refractivity (Wildman–Crippen MR) is 57.3 cm³/mol. The minimum Gasteiger partial charge on any atom is -0.482 e. The van der Waals surface area contributed by atoms with E-state index in [4.69, 9.17) is 9.84 Å². The molecule has 0 aromatic heterocycles. The van der Waals surface area contributed by atoms with Crippen molar-refractivity contribution in [3.05, 3.63) is 29.8 Å². The zero-order chi connectivity index (χ0) is 12.0. The van der Waals surface area contributed by atoms with Crippen molar-refractivity contribution >= 4 is 11.9 Å². The fraction of sp³-hybridized carbons (Fsp3) is 0.273. The number of amides is 1. The molecule has 5 heteroatoms. The molecule has 0 radical (unpaired) electrons. The Bertz CT molecular complexity index is 389. The number of rotatable bonds is 5. The van der Waals surface area contributed by atoms with E-state index in [0.717, 1.165) is 0 Å². The maximum Gasteiger partial charge on any atom is 0.341 e. The third kappa shape index (κ3) is 3.61. The zero-order valence-electron chi connectivity index (χ0n) is 8.90. The molecule has 0 atom stereocenters. The molecule has 0 unspecified atom stereocenters. The number of carbonyl (C=O) groups is 2. The number of nitrogens with one attached hydrogen (secondary N) is 1. The number of ether oxygens (including phenoxy) is 1. The number of carboxylic acids is 1. The first-order chi connectivity index (χ1) is 7.63. The summed E-state index contributed by atoms with van der Waals surface area (Å²) in [6.07, 6.45) is 0.173. The summed E-state index contributed by atoms with van der Waals surface area (Å²) in [4.78, 5) is 21.5. The Labute approximate surface area is 93.0 Å². The lowest BCUT2D eigenvalue weighted by atomic mass is 10.1. The number of likely N-dealkylation sites (N-methyl/N-ethyl adjacent to an activating group) is 1. The van der Waals surface area contributed by atoms with E-state index in [-0.39, 0.29) is 12.3 Å². The van der Waals surface area contributed by atoms with Crippen molar-refractivity contribution in [2.24, 2.45) is 0 Å². The minimum absolute atomic E-state index is 0.147. The number of hydrogen-bond donors (Lipinski definition) is 2. The molecule has 0 fully saturated rings. The lowest BCUT2D eigenvalue weighted by Gasteiger charge is -2.08. The smallest absolute Gasteiger partial charge is 0.341 e. The topological polar surface area (TPSA) is 75.6 Å². The summed E-state index contributed by atoms with van der Waals surface area (Å²) in [6, 6.07) is 6.87. The van der Waals surface area contributed by atoms with E-state index >= 15 is 0 Å². The second kappa shape index (κ2) is 5.75. The first-order valence-electron chi connectivity index (χ1n) is 4.76. The second-order valence-electron chi connectivity index (χ2n) is 3.14. The van der Waals surface area contributed by atoms with Crippen LogP contribution < -0.4 is 10.1 Å². The highest BCUT2D eigenvalue weighted by molar-refractivity contribution is 5.79. The van der Waals surface area contributed by atoms with Crippen LogP contribution in [0.3, 0.4) is 0 Å². The largest absolute Gasteiger partial charge is 0.482 e. The van der Waals surface area contributed by atoms with Gasteiger partial charge in [0.1, 0.15) is 5.75 Å². The van der Waals surface area contributed by atoms with Gasteiger partial charge < -0.3 is 15.2 Å². The lowest BCUT2D eigenvalue weighted by Crippen LogP contribution is -2.20. The third-order valence-electron chi connectivity index (χ3n) is 1.95. The highest BCUT2D eigenvalue weighted by atomic mass is 16.5. The molecule has 1 aromatic rings. The summed E-state index contributed by atoms with van der Waals surface area (Å²) in [7, 11) is 1.54. The summed E-state index contributed by atoms with van der Waals surface area (Å²) in [5, 5.41) is 11.0. The first-order valence-corrected chi connectivity index (χ1v) is 4.76. The average molecular weight is 223 g/mol. The van der Waals surface area contributed by atoms with Crippen LogP contribution in [0, 0.1) is 0 Å². The van der Waals surface area contributed by atoms with E-state index in [1.54, 1.807) is 31.3 Å². The number of para-hydroxylation sites is 1. The van der Waals surface area contributed by atoms with Crippen LogP contribution in [0.1, 0.15) is 5.56 Å². The fourth-order valence-corrected chi connectivity index (χ4v) is 1.19. The summed E-state index contributed by atoms with van der Waals surface area (Å²) in [6.45, 7) is -0.412. The van der Waals surface area contributed by atoms with Gasteiger partial charge in [-0.3, -0.25) is 4.79 Å². The van der Waals surface area contributed by atoms with Crippen molar-refractivity contribution in [1.29, 1.82) is 0 Å². The number of carbonyl (C=O) groups excluding carboxylic acids is 1. The highest BCUT2D eigenvalue weighted by Gasteiger charge is 2.08. The van der Waals surface area contributed by atoms with Gasteiger partial charge in [0.2, 0.25) is 5.91 Å². The molecule has 1 rings (SSSR count). The van der Waals surface area contributed by atoms with Crippen molar-refractivity contribution in [2.75, 3.05) is 13.7 Å². The summed E-state index contributed by atoms with van der Waals surface area (Å²) >= 11 is 0. The van der Waals surface area contributed by atoms with Crippen molar-refractivity contribution in [3.63, 3.8) is 0 Å². The van der Waals surface area contributed by atoms with E-state index in [0.29, 0.717) is 11.3 Å². The van der Waals surface area contributed by atoms with Gasteiger partial charge in [0.15, 0.2) is 6.61 Å². The van der Waals surface area contributed by atoms with E-state index in [9.17, 15) is 9.59 Å². The van der Waals surface area contributed by atoms with Gasteiger partial charge in [0.05, 0.1) is 6.42 Å². The quantitative estimate of drug-likeness (QED) is 0.759. The van der Waals surface area contributed by atoms with Crippen LogP contribution >= 0.6 is 0 Å². The molecule has 0 saturated carbocycles. The predicted octanol–water partition coefficient (Wildman–Crippen LogP) is 0.438. The molecule has 86 valence electrons. The van der Waals surface area contributed by atoms with Gasteiger partial charge in [-0.05, 0) is 6.07 Å². The Morgan fingerprint density at radius 3 is 2.69 bits per heavy atom. The SMILES string of the molecule is CNC(=O)Cc1ccccc1OCC(=O)O. The van der Waals surface area contributed by atoms with Crippen LogP contribution in [0.25, 0.3) is 0 Å². The molecule has 0 saturated heterocycles. The van der Waals surface area contributed by atoms with Gasteiger partial charge in [0, 0.05) is 12.6 Å². The van der Waals surface area contributed by atoms with Crippen molar-refractivity contribution in [3.8, 4) is 5.75 Å². The molecule has 0 bridgehead atoms. The summed E-state index contributed by atoms with van der Waals surface area (Å²) in [5.41, 5.74) is 0.670. The van der Waals surface area contributed by atoms with E-state index in [2.05, 4.69) is 5.32 Å². The van der Waals surface area contributed by atoms with Crippen LogP contribution in [-0.4, -0.2) is 30.6 Å². The molecule has 0 aliphatic heterocycles.